The van der Waals surface area contributed by atoms with Gasteiger partial charge in [-0.3, -0.25) is 0 Å². The largest absolute Gasteiger partial charge is 0.140 e. The monoisotopic (exact) mass is 274 g/mol. The van der Waals surface area contributed by atoms with E-state index in [2.05, 4.69) is 22.6 Å². The summed E-state index contributed by atoms with van der Waals surface area (Å²) in [4.78, 5) is 0. The second-order valence-corrected chi connectivity index (χ2v) is 4.68. The maximum atomic E-state index is 5.77. The highest BCUT2D eigenvalue weighted by Crippen LogP contribution is 2.32. The van der Waals surface area contributed by atoms with Gasteiger partial charge in [-0.05, 0) is 28.7 Å². The molecule has 1 aliphatic carbocycles. The minimum atomic E-state index is -0.658. The normalized spacial score (nSPS) is 23.7. The fraction of sp³-hybridized carbons (Fsp3) is 0.333. The summed E-state index contributed by atoms with van der Waals surface area (Å²) in [6.07, 6.45) is 6.45. The van der Waals surface area contributed by atoms with Crippen molar-refractivity contribution in [3.63, 3.8) is 0 Å². The van der Waals surface area contributed by atoms with E-state index in [9.17, 15) is 0 Å². The van der Waals surface area contributed by atoms with Gasteiger partial charge in [-0.1, -0.05) is 35.4 Å². The molecule has 0 N–H and O–H groups in total. The van der Waals surface area contributed by atoms with Crippen molar-refractivity contribution in [2.24, 2.45) is 0 Å². The van der Waals surface area contributed by atoms with Crippen LogP contribution in [0.3, 0.4) is 0 Å². The average Bonchev–Trinajstić information content (AvgIpc) is 1.78. The molecular weight excluding hydrogens is 270 g/mol. The standard InChI is InChI=1S/C6H5Cl2I/c7-6(8)3-1-5(9)2-4-6/h1-3H,4H2. The first-order valence-corrected chi connectivity index (χ1v) is 4.36. The molecule has 0 spiro atoms. The van der Waals surface area contributed by atoms with Crippen LogP contribution in [-0.4, -0.2) is 4.33 Å². The Balaban J connectivity index is 2.70. The third kappa shape index (κ3) is 2.48. The van der Waals surface area contributed by atoms with E-state index in [4.69, 9.17) is 23.2 Å². The summed E-state index contributed by atoms with van der Waals surface area (Å²) in [6.45, 7) is 0. The third-order valence-corrected chi connectivity index (χ3v) is 2.42. The van der Waals surface area contributed by atoms with Gasteiger partial charge >= 0.3 is 0 Å². The molecule has 0 aromatic carbocycles. The quantitative estimate of drug-likeness (QED) is 0.469. The van der Waals surface area contributed by atoms with Crippen molar-refractivity contribution in [3.8, 4) is 0 Å². The van der Waals surface area contributed by atoms with Gasteiger partial charge in [0.15, 0.2) is 0 Å². The fourth-order valence-electron chi connectivity index (χ4n) is 0.571. The van der Waals surface area contributed by atoms with Crippen LogP contribution in [0.15, 0.2) is 21.8 Å². The molecule has 0 aromatic heterocycles. The zero-order chi connectivity index (χ0) is 6.91. The molecule has 9 heavy (non-hydrogen) atoms. The van der Waals surface area contributed by atoms with Crippen LogP contribution in [0.1, 0.15) is 6.42 Å². The van der Waals surface area contributed by atoms with Crippen molar-refractivity contribution in [3.05, 3.63) is 21.8 Å². The van der Waals surface area contributed by atoms with Crippen molar-refractivity contribution < 1.29 is 0 Å². The third-order valence-electron chi connectivity index (χ3n) is 1.06. The Kier molecular flexibility index (Phi) is 2.46. The van der Waals surface area contributed by atoms with E-state index < -0.39 is 4.33 Å². The second-order valence-electron chi connectivity index (χ2n) is 1.89. The summed E-state index contributed by atoms with van der Waals surface area (Å²) >= 11 is 13.8. The highest BCUT2D eigenvalue weighted by atomic mass is 127. The molecule has 0 nitrogen and oxygen atoms in total. The summed E-state index contributed by atoms with van der Waals surface area (Å²) in [5.74, 6) is 0. The lowest BCUT2D eigenvalue weighted by Crippen LogP contribution is -2.08. The van der Waals surface area contributed by atoms with Crippen molar-refractivity contribution in [2.45, 2.75) is 10.8 Å². The van der Waals surface area contributed by atoms with Crippen molar-refractivity contribution in [1.29, 1.82) is 0 Å². The Bertz CT molecular complexity index is 170. The summed E-state index contributed by atoms with van der Waals surface area (Å²) in [5, 5.41) is 0. The van der Waals surface area contributed by atoms with Crippen LogP contribution >= 0.6 is 45.8 Å². The molecule has 0 heterocycles. The Labute approximate surface area is 78.0 Å². The van der Waals surface area contributed by atoms with E-state index in [1.54, 1.807) is 6.08 Å². The molecule has 0 unspecified atom stereocenters. The summed E-state index contributed by atoms with van der Waals surface area (Å²) in [5.41, 5.74) is 0. The van der Waals surface area contributed by atoms with E-state index in [1.165, 1.54) is 3.58 Å². The van der Waals surface area contributed by atoms with Crippen molar-refractivity contribution in [2.75, 3.05) is 0 Å². The average molecular weight is 275 g/mol. The van der Waals surface area contributed by atoms with Gasteiger partial charge < -0.3 is 0 Å². The molecule has 1 rings (SSSR count). The van der Waals surface area contributed by atoms with Crippen LogP contribution < -0.4 is 0 Å². The summed E-state index contributed by atoms with van der Waals surface area (Å²) in [7, 11) is 0. The van der Waals surface area contributed by atoms with Crippen molar-refractivity contribution in [1.82, 2.24) is 0 Å². The van der Waals surface area contributed by atoms with E-state index in [0.717, 1.165) is 0 Å². The molecule has 0 saturated carbocycles. The Morgan fingerprint density at radius 2 is 2.22 bits per heavy atom. The molecule has 0 aromatic rings. The van der Waals surface area contributed by atoms with Crippen LogP contribution in [0.2, 0.25) is 0 Å². The van der Waals surface area contributed by atoms with Gasteiger partial charge in [0.05, 0.1) is 0 Å². The van der Waals surface area contributed by atoms with Gasteiger partial charge in [0, 0.05) is 10.0 Å². The SMILES string of the molecule is ClC1(Cl)C=CC(I)=CC1. The molecule has 0 radical (unpaired) electrons. The van der Waals surface area contributed by atoms with Crippen LogP contribution in [-0.2, 0) is 0 Å². The molecule has 1 aliphatic rings. The van der Waals surface area contributed by atoms with E-state index in [0.29, 0.717) is 6.42 Å². The molecule has 0 fully saturated rings. The highest BCUT2D eigenvalue weighted by Gasteiger charge is 2.20. The molecule has 3 heteroatoms. The maximum Gasteiger partial charge on any atom is 0.140 e. The molecule has 50 valence electrons. The highest BCUT2D eigenvalue weighted by molar-refractivity contribution is 14.1. The van der Waals surface area contributed by atoms with Gasteiger partial charge in [-0.25, -0.2) is 0 Å². The lowest BCUT2D eigenvalue weighted by molar-refractivity contribution is 0.960. The van der Waals surface area contributed by atoms with Gasteiger partial charge in [-0.2, -0.15) is 0 Å². The maximum absolute atomic E-state index is 5.77. The minimum absolute atomic E-state index is 0.658. The van der Waals surface area contributed by atoms with Crippen LogP contribution in [0, 0.1) is 0 Å². The number of hydrogen-bond acceptors (Lipinski definition) is 0. The minimum Gasteiger partial charge on any atom is -0.0966 e. The number of halogens is 3. The Hall–Kier alpha value is 0.790. The first-order chi connectivity index (χ1) is 4.10. The number of hydrogen-bond donors (Lipinski definition) is 0. The first-order valence-electron chi connectivity index (χ1n) is 2.53. The van der Waals surface area contributed by atoms with Gasteiger partial charge in [0.1, 0.15) is 4.33 Å². The topological polar surface area (TPSA) is 0 Å². The van der Waals surface area contributed by atoms with E-state index in [1.807, 2.05) is 12.2 Å². The molecule has 0 atom stereocenters. The zero-order valence-corrected chi connectivity index (χ0v) is 8.24. The fourth-order valence-corrected chi connectivity index (χ4v) is 1.25. The predicted octanol–water partition coefficient (Wildman–Crippen LogP) is 3.44. The van der Waals surface area contributed by atoms with E-state index >= 15 is 0 Å². The lowest BCUT2D eigenvalue weighted by Gasteiger charge is -2.15. The van der Waals surface area contributed by atoms with Crippen LogP contribution in [0.25, 0.3) is 0 Å². The van der Waals surface area contributed by atoms with E-state index in [-0.39, 0.29) is 0 Å². The Morgan fingerprint density at radius 3 is 2.56 bits per heavy atom. The molecule has 0 saturated heterocycles. The molecule has 0 bridgehead atoms. The van der Waals surface area contributed by atoms with Gasteiger partial charge in [0.25, 0.3) is 0 Å². The van der Waals surface area contributed by atoms with Crippen LogP contribution in [0.5, 0.6) is 0 Å². The predicted molar refractivity (Wildman–Crippen MR) is 50.3 cm³/mol. The van der Waals surface area contributed by atoms with Crippen molar-refractivity contribution >= 4 is 45.8 Å². The molecule has 0 amide bonds. The molecule has 0 aliphatic heterocycles. The number of alkyl halides is 2. The first kappa shape index (κ1) is 7.89. The summed E-state index contributed by atoms with van der Waals surface area (Å²) in [6, 6.07) is 0. The van der Waals surface area contributed by atoms with Gasteiger partial charge in [0.2, 0.25) is 0 Å². The smallest absolute Gasteiger partial charge is 0.0966 e. The number of allylic oxidation sites excluding steroid dienone is 4. The van der Waals surface area contributed by atoms with Crippen LogP contribution in [0.4, 0.5) is 0 Å². The van der Waals surface area contributed by atoms with Gasteiger partial charge in [-0.15, -0.1) is 0 Å². The molecular formula is C6H5Cl2I. The second kappa shape index (κ2) is 2.81. The summed E-state index contributed by atoms with van der Waals surface area (Å²) < 4.78 is 0.541. The number of rotatable bonds is 0. The zero-order valence-electron chi connectivity index (χ0n) is 4.57. The lowest BCUT2D eigenvalue weighted by atomic mass is 10.2. The Morgan fingerprint density at radius 1 is 1.56 bits per heavy atom.